The zero-order chi connectivity index (χ0) is 33.5. The second kappa shape index (κ2) is 20.1. The summed E-state index contributed by atoms with van der Waals surface area (Å²) in [6, 6.07) is 12.4. The molecule has 5 atom stereocenters. The Labute approximate surface area is 291 Å². The van der Waals surface area contributed by atoms with Crippen molar-refractivity contribution in [2.24, 2.45) is 0 Å². The minimum Gasteiger partial charge on any atom is -0.486 e. The molecule has 0 spiro atoms. The topological polar surface area (TPSA) is 73.8 Å². The summed E-state index contributed by atoms with van der Waals surface area (Å²) in [6.45, 7) is 12.6. The number of halogens is 1. The van der Waals surface area contributed by atoms with Crippen LogP contribution in [0, 0.1) is 0 Å². The van der Waals surface area contributed by atoms with Crippen LogP contribution in [0.1, 0.15) is 95.8 Å². The Hall–Kier alpha value is -1.72. The van der Waals surface area contributed by atoms with Gasteiger partial charge in [0.1, 0.15) is 37.6 Å². The Morgan fingerprint density at radius 1 is 0.745 bits per heavy atom. The average molecular weight is 722 g/mol. The maximum atomic E-state index is 7.10. The van der Waals surface area contributed by atoms with E-state index in [1.165, 1.54) is 0 Å². The third kappa shape index (κ3) is 10.2. The van der Waals surface area contributed by atoms with Gasteiger partial charge in [-0.3, -0.25) is 0 Å². The van der Waals surface area contributed by atoms with Gasteiger partial charge in [0.15, 0.2) is 11.5 Å². The van der Waals surface area contributed by atoms with Crippen molar-refractivity contribution in [3.8, 4) is 11.5 Å². The minimum absolute atomic E-state index is 0.373. The van der Waals surface area contributed by atoms with Gasteiger partial charge in [-0.05, 0) is 67.5 Å². The Morgan fingerprint density at radius 2 is 1.38 bits per heavy atom. The van der Waals surface area contributed by atoms with Gasteiger partial charge >= 0.3 is 0 Å². The molecule has 4 rings (SSSR count). The smallest absolute Gasteiger partial charge is 0.225 e. The van der Waals surface area contributed by atoms with E-state index in [2.05, 4.69) is 74.0 Å². The van der Waals surface area contributed by atoms with Crippen molar-refractivity contribution in [1.29, 1.82) is 0 Å². The number of methoxy groups -OCH3 is 1. The van der Waals surface area contributed by atoms with Gasteiger partial charge in [0.05, 0.1) is 6.61 Å². The molecular weight excluding hydrogens is 664 g/mol. The van der Waals surface area contributed by atoms with Crippen molar-refractivity contribution in [2.75, 3.05) is 53.4 Å². The quantitative estimate of drug-likeness (QED) is 0.119. The molecule has 0 bridgehead atoms. The first kappa shape index (κ1) is 38.1. The Morgan fingerprint density at radius 3 is 2.06 bits per heavy atom. The lowest BCUT2D eigenvalue weighted by Gasteiger charge is -2.52. The lowest BCUT2D eigenvalue weighted by Crippen LogP contribution is -2.66. The fourth-order valence-corrected chi connectivity index (χ4v) is 6.45. The van der Waals surface area contributed by atoms with Crippen molar-refractivity contribution < 1.29 is 37.9 Å². The van der Waals surface area contributed by atoms with Crippen LogP contribution in [0.25, 0.3) is 0 Å². The molecule has 0 saturated carbocycles. The van der Waals surface area contributed by atoms with Gasteiger partial charge < -0.3 is 37.9 Å². The highest BCUT2D eigenvalue weighted by molar-refractivity contribution is 9.10. The summed E-state index contributed by atoms with van der Waals surface area (Å²) in [5.74, 6) is 0.309. The first-order chi connectivity index (χ1) is 23.0. The predicted molar refractivity (Wildman–Crippen MR) is 188 cm³/mol. The van der Waals surface area contributed by atoms with Crippen LogP contribution in [0.3, 0.4) is 0 Å². The van der Waals surface area contributed by atoms with Gasteiger partial charge in [-0.25, -0.2) is 0 Å². The minimum atomic E-state index is -1.25. The van der Waals surface area contributed by atoms with Gasteiger partial charge in [0.25, 0.3) is 0 Å². The number of benzene rings is 2. The Bertz CT molecular complexity index is 1190. The summed E-state index contributed by atoms with van der Waals surface area (Å²) >= 11 is 3.82. The molecule has 47 heavy (non-hydrogen) atoms. The summed E-state index contributed by atoms with van der Waals surface area (Å²) in [5.41, 5.74) is 3.07. The van der Waals surface area contributed by atoms with E-state index in [-0.39, 0.29) is 6.10 Å². The molecule has 2 aromatic carbocycles. The van der Waals surface area contributed by atoms with Gasteiger partial charge in [-0.15, -0.1) is 0 Å². The molecule has 1 unspecified atom stereocenters. The fourth-order valence-electron chi connectivity index (χ4n) is 6.06. The summed E-state index contributed by atoms with van der Waals surface area (Å²) in [4.78, 5) is 0. The van der Waals surface area contributed by atoms with Crippen molar-refractivity contribution in [3.63, 3.8) is 0 Å². The van der Waals surface area contributed by atoms with E-state index in [4.69, 9.17) is 37.9 Å². The summed E-state index contributed by atoms with van der Waals surface area (Å²) in [7, 11) is 1.70. The maximum absolute atomic E-state index is 7.10. The molecule has 0 radical (unpaired) electrons. The van der Waals surface area contributed by atoms with Crippen LogP contribution in [-0.2, 0) is 40.6 Å². The van der Waals surface area contributed by atoms with Crippen LogP contribution >= 0.6 is 15.9 Å². The normalized spacial score (nSPS) is 24.0. The molecule has 2 aliphatic rings. The van der Waals surface area contributed by atoms with E-state index < -0.39 is 24.1 Å². The highest BCUT2D eigenvalue weighted by atomic mass is 79.9. The molecular formula is C38H57BrO8. The zero-order valence-corrected chi connectivity index (χ0v) is 30.8. The van der Waals surface area contributed by atoms with Crippen LogP contribution in [0.4, 0.5) is 0 Å². The second-order valence-electron chi connectivity index (χ2n) is 12.4. The van der Waals surface area contributed by atoms with Gasteiger partial charge in [0, 0.05) is 43.6 Å². The third-order valence-electron chi connectivity index (χ3n) is 8.78. The molecule has 2 aliphatic heterocycles. The third-order valence-corrected chi connectivity index (χ3v) is 9.55. The summed E-state index contributed by atoms with van der Waals surface area (Å²) in [5, 5.41) is 0. The molecule has 2 heterocycles. The van der Waals surface area contributed by atoms with Gasteiger partial charge in [0.2, 0.25) is 5.79 Å². The number of hydrogen-bond acceptors (Lipinski definition) is 8. The number of ether oxygens (including phenoxy) is 8. The van der Waals surface area contributed by atoms with E-state index in [9.17, 15) is 0 Å². The van der Waals surface area contributed by atoms with Crippen LogP contribution in [-0.4, -0.2) is 77.8 Å². The molecule has 264 valence electrons. The van der Waals surface area contributed by atoms with Crippen molar-refractivity contribution >= 4 is 15.9 Å². The summed E-state index contributed by atoms with van der Waals surface area (Å²) in [6.07, 6.45) is 6.82. The fraction of sp³-hybridized carbons (Fsp3) is 0.684. The lowest BCUT2D eigenvalue weighted by molar-refractivity contribution is -0.382. The summed E-state index contributed by atoms with van der Waals surface area (Å²) < 4.78 is 52.6. The number of fused-ring (bicyclic) bond motifs is 1. The molecule has 2 aromatic rings. The van der Waals surface area contributed by atoms with E-state index >= 15 is 0 Å². The van der Waals surface area contributed by atoms with Gasteiger partial charge in [-0.1, -0.05) is 81.4 Å². The Balaban J connectivity index is 1.75. The van der Waals surface area contributed by atoms with E-state index in [1.54, 1.807) is 7.11 Å². The number of hydrogen-bond donors (Lipinski definition) is 0. The molecule has 9 heteroatoms. The van der Waals surface area contributed by atoms with Crippen LogP contribution in [0.15, 0.2) is 40.9 Å². The van der Waals surface area contributed by atoms with E-state index in [0.29, 0.717) is 52.7 Å². The lowest BCUT2D eigenvalue weighted by atomic mass is 9.86. The molecule has 8 nitrogen and oxygen atoms in total. The average Bonchev–Trinajstić information content (AvgIpc) is 3.09. The SMILES string of the molecule is CCCCOC[C@H]1OC(OC)(c2ccc(Br)c(Cc3ccc4c(c3)OCCO4)c2)[C@H](OCCCC)[C@@H](OCCCC)[C@@H]1OCCCC. The molecule has 0 amide bonds. The van der Waals surface area contributed by atoms with Gasteiger partial charge in [-0.2, -0.15) is 0 Å². The van der Waals surface area contributed by atoms with Crippen molar-refractivity contribution in [2.45, 2.75) is 116 Å². The zero-order valence-electron chi connectivity index (χ0n) is 29.2. The first-order valence-electron chi connectivity index (χ1n) is 17.8. The number of rotatable bonds is 21. The second-order valence-corrected chi connectivity index (χ2v) is 13.3. The highest BCUT2D eigenvalue weighted by Gasteiger charge is 2.58. The van der Waals surface area contributed by atoms with Crippen LogP contribution < -0.4 is 9.47 Å². The molecule has 0 N–H and O–H groups in total. The maximum Gasteiger partial charge on any atom is 0.225 e. The van der Waals surface area contributed by atoms with E-state index in [1.807, 2.05) is 6.07 Å². The predicted octanol–water partition coefficient (Wildman–Crippen LogP) is 8.38. The van der Waals surface area contributed by atoms with Crippen LogP contribution in [0.2, 0.25) is 0 Å². The van der Waals surface area contributed by atoms with Crippen molar-refractivity contribution in [3.05, 3.63) is 57.6 Å². The molecule has 1 saturated heterocycles. The monoisotopic (exact) mass is 720 g/mol. The standard InChI is InChI=1S/C38H57BrO8/c1-6-10-18-41-27-34-35(44-19-11-7-2)36(45-20-12-8-3)37(46-21-13-9-4)38(40-5,47-34)30-15-16-31(39)29(26-30)24-28-14-17-32-33(25-28)43-23-22-42-32/h14-17,25-26,34-37H,6-13,18-24,27H2,1-5H3/t34-,35-,36+,37-,38?/m1/s1. The first-order valence-corrected chi connectivity index (χ1v) is 18.6. The number of unbranched alkanes of at least 4 members (excludes halogenated alkanes) is 4. The Kier molecular flexibility index (Phi) is 16.3. The molecule has 1 fully saturated rings. The largest absolute Gasteiger partial charge is 0.486 e. The molecule has 0 aromatic heterocycles. The highest BCUT2D eigenvalue weighted by Crippen LogP contribution is 2.44. The van der Waals surface area contributed by atoms with Crippen molar-refractivity contribution in [1.82, 2.24) is 0 Å². The van der Waals surface area contributed by atoms with Crippen LogP contribution in [0.5, 0.6) is 11.5 Å². The molecule has 0 aliphatic carbocycles. The van der Waals surface area contributed by atoms with E-state index in [0.717, 1.165) is 84.0 Å².